The minimum Gasteiger partial charge on any atom is -0.492 e. The first-order valence-electron chi connectivity index (χ1n) is 5.29. The highest BCUT2D eigenvalue weighted by atomic mass is 35.5. The van der Waals surface area contributed by atoms with Gasteiger partial charge in [-0.1, -0.05) is 17.7 Å². The number of benzene rings is 1. The van der Waals surface area contributed by atoms with Crippen molar-refractivity contribution >= 4 is 33.5 Å². The second kappa shape index (κ2) is 6.58. The Morgan fingerprint density at radius 2 is 2.16 bits per heavy atom. The monoisotopic (exact) mass is 304 g/mol. The van der Waals surface area contributed by atoms with Crippen LogP contribution in [-0.4, -0.2) is 38.1 Å². The number of ether oxygens (including phenoxy) is 1. The first-order chi connectivity index (χ1) is 8.79. The van der Waals surface area contributed by atoms with Gasteiger partial charge in [0.2, 0.25) is 0 Å². The van der Waals surface area contributed by atoms with Gasteiger partial charge < -0.3 is 9.84 Å². The molecule has 0 bridgehead atoms. The van der Waals surface area contributed by atoms with E-state index in [1.54, 1.807) is 18.2 Å². The lowest BCUT2D eigenvalue weighted by molar-refractivity contribution is -0.131. The molecule has 19 heavy (non-hydrogen) atoms. The van der Waals surface area contributed by atoms with Gasteiger partial charge in [0, 0.05) is 17.9 Å². The Hall–Kier alpha value is -1.53. The predicted molar refractivity (Wildman–Crippen MR) is 73.3 cm³/mol. The molecule has 7 heteroatoms. The number of aliphatic carboxylic acids is 1. The van der Waals surface area contributed by atoms with E-state index in [1.165, 1.54) is 6.08 Å². The molecule has 0 spiro atoms. The van der Waals surface area contributed by atoms with Crippen LogP contribution in [0.1, 0.15) is 5.56 Å². The van der Waals surface area contributed by atoms with Gasteiger partial charge in [0.25, 0.3) is 0 Å². The third-order valence-electron chi connectivity index (χ3n) is 2.12. The van der Waals surface area contributed by atoms with Gasteiger partial charge >= 0.3 is 5.97 Å². The van der Waals surface area contributed by atoms with Gasteiger partial charge in [0.1, 0.15) is 12.4 Å². The molecule has 0 unspecified atom stereocenters. The fraction of sp³-hybridized carbons (Fsp3) is 0.250. The van der Waals surface area contributed by atoms with Crippen molar-refractivity contribution < 1.29 is 23.1 Å². The average molecular weight is 305 g/mol. The first-order valence-corrected chi connectivity index (χ1v) is 7.73. The van der Waals surface area contributed by atoms with Crippen LogP contribution in [-0.2, 0) is 14.6 Å². The molecule has 0 amide bonds. The number of hydrogen-bond acceptors (Lipinski definition) is 4. The molecule has 104 valence electrons. The van der Waals surface area contributed by atoms with Gasteiger partial charge in [-0.05, 0) is 18.2 Å². The Morgan fingerprint density at radius 3 is 2.74 bits per heavy atom. The molecule has 1 rings (SSSR count). The third-order valence-corrected chi connectivity index (χ3v) is 3.36. The maximum atomic E-state index is 11.0. The second-order valence-corrected chi connectivity index (χ2v) is 6.47. The number of carboxylic acid groups (broad SMARTS) is 1. The summed E-state index contributed by atoms with van der Waals surface area (Å²) in [4.78, 5) is 10.5. The van der Waals surface area contributed by atoms with E-state index in [-0.39, 0.29) is 12.4 Å². The standard InChI is InChI=1S/C12H13ClO5S/c1-19(16,17)8-7-18-11-4-2-3-10(13)9(11)5-6-12(14)15/h2-6H,7-8H2,1H3,(H,14,15)/b6-5+. The van der Waals surface area contributed by atoms with Gasteiger partial charge in [-0.15, -0.1) is 0 Å². The first kappa shape index (κ1) is 15.5. The molecule has 0 aliphatic heterocycles. The molecule has 0 aliphatic rings. The zero-order valence-electron chi connectivity index (χ0n) is 10.2. The number of carboxylic acids is 1. The molecule has 1 N–H and O–H groups in total. The number of rotatable bonds is 6. The van der Waals surface area contributed by atoms with Crippen molar-refractivity contribution in [1.29, 1.82) is 0 Å². The molecule has 1 aromatic rings. The molecule has 0 aliphatic carbocycles. The van der Waals surface area contributed by atoms with Crippen molar-refractivity contribution in [2.45, 2.75) is 0 Å². The van der Waals surface area contributed by atoms with Crippen molar-refractivity contribution in [2.75, 3.05) is 18.6 Å². The highest BCUT2D eigenvalue weighted by Crippen LogP contribution is 2.27. The van der Waals surface area contributed by atoms with E-state index in [2.05, 4.69) is 0 Å². The Balaban J connectivity index is 2.88. The highest BCUT2D eigenvalue weighted by Gasteiger charge is 2.08. The lowest BCUT2D eigenvalue weighted by Crippen LogP contribution is -2.12. The van der Waals surface area contributed by atoms with E-state index in [0.29, 0.717) is 16.3 Å². The minimum absolute atomic E-state index is 0.0207. The van der Waals surface area contributed by atoms with Gasteiger partial charge in [-0.25, -0.2) is 13.2 Å². The van der Waals surface area contributed by atoms with Crippen molar-refractivity contribution in [3.8, 4) is 5.75 Å². The van der Waals surface area contributed by atoms with E-state index < -0.39 is 15.8 Å². The molecule has 0 atom stereocenters. The zero-order valence-corrected chi connectivity index (χ0v) is 11.7. The SMILES string of the molecule is CS(=O)(=O)CCOc1cccc(Cl)c1/C=C/C(=O)O. The summed E-state index contributed by atoms with van der Waals surface area (Å²) in [6.07, 6.45) is 3.35. The van der Waals surface area contributed by atoms with Crippen molar-refractivity contribution in [3.63, 3.8) is 0 Å². The third kappa shape index (κ3) is 5.76. The van der Waals surface area contributed by atoms with Gasteiger partial charge in [-0.3, -0.25) is 0 Å². The zero-order chi connectivity index (χ0) is 14.5. The molecule has 0 aromatic heterocycles. The van der Waals surface area contributed by atoms with E-state index >= 15 is 0 Å². The number of carbonyl (C=O) groups is 1. The summed E-state index contributed by atoms with van der Waals surface area (Å²) in [5, 5.41) is 8.92. The summed E-state index contributed by atoms with van der Waals surface area (Å²) < 4.78 is 27.3. The van der Waals surface area contributed by atoms with Gasteiger partial charge in [0.15, 0.2) is 9.84 Å². The maximum absolute atomic E-state index is 11.0. The van der Waals surface area contributed by atoms with E-state index in [4.69, 9.17) is 21.4 Å². The molecular formula is C12H13ClO5S. The Labute approximate surface area is 116 Å². The van der Waals surface area contributed by atoms with Crippen molar-refractivity contribution in [1.82, 2.24) is 0 Å². The maximum Gasteiger partial charge on any atom is 0.328 e. The molecule has 0 saturated heterocycles. The van der Waals surface area contributed by atoms with Crippen molar-refractivity contribution in [3.05, 3.63) is 34.9 Å². The summed E-state index contributed by atoms with van der Waals surface area (Å²) in [5.74, 6) is -0.891. The molecule has 5 nitrogen and oxygen atoms in total. The van der Waals surface area contributed by atoms with Crippen molar-refractivity contribution in [2.24, 2.45) is 0 Å². The van der Waals surface area contributed by atoms with Gasteiger partial charge in [0.05, 0.1) is 10.8 Å². The molecule has 0 heterocycles. The predicted octanol–water partition coefficient (Wildman–Crippen LogP) is 1.86. The minimum atomic E-state index is -3.11. The molecule has 0 saturated carbocycles. The lowest BCUT2D eigenvalue weighted by atomic mass is 10.2. The Kier molecular flexibility index (Phi) is 5.38. The Bertz CT molecular complexity index is 592. The Morgan fingerprint density at radius 1 is 1.47 bits per heavy atom. The fourth-order valence-corrected chi connectivity index (χ4v) is 1.88. The molecular weight excluding hydrogens is 292 g/mol. The van der Waals surface area contributed by atoms with E-state index in [0.717, 1.165) is 12.3 Å². The lowest BCUT2D eigenvalue weighted by Gasteiger charge is -2.09. The van der Waals surface area contributed by atoms with Crippen LogP contribution >= 0.6 is 11.6 Å². The van der Waals surface area contributed by atoms with Crippen LogP contribution in [0.3, 0.4) is 0 Å². The summed E-state index contributed by atoms with van der Waals surface area (Å²) in [6.45, 7) is -0.0207. The molecule has 1 aromatic carbocycles. The quantitative estimate of drug-likeness (QED) is 0.811. The number of hydrogen-bond donors (Lipinski definition) is 1. The van der Waals surface area contributed by atoms with Crippen LogP contribution in [0.2, 0.25) is 5.02 Å². The average Bonchev–Trinajstić information content (AvgIpc) is 2.26. The topological polar surface area (TPSA) is 80.7 Å². The summed E-state index contributed by atoms with van der Waals surface area (Å²) in [7, 11) is -3.11. The summed E-state index contributed by atoms with van der Waals surface area (Å²) >= 11 is 5.94. The fourth-order valence-electron chi connectivity index (χ4n) is 1.26. The van der Waals surface area contributed by atoms with E-state index in [1.807, 2.05) is 0 Å². The highest BCUT2D eigenvalue weighted by molar-refractivity contribution is 7.90. The van der Waals surface area contributed by atoms with Crippen LogP contribution in [0.4, 0.5) is 0 Å². The van der Waals surface area contributed by atoms with Crippen LogP contribution < -0.4 is 4.74 Å². The van der Waals surface area contributed by atoms with Crippen LogP contribution in [0.15, 0.2) is 24.3 Å². The molecule has 0 radical (unpaired) electrons. The number of sulfone groups is 1. The summed E-state index contributed by atoms with van der Waals surface area (Å²) in [6, 6.07) is 4.82. The van der Waals surface area contributed by atoms with Crippen LogP contribution in [0.25, 0.3) is 6.08 Å². The number of halogens is 1. The molecule has 0 fully saturated rings. The van der Waals surface area contributed by atoms with E-state index in [9.17, 15) is 13.2 Å². The van der Waals surface area contributed by atoms with Crippen LogP contribution in [0.5, 0.6) is 5.75 Å². The van der Waals surface area contributed by atoms with Crippen LogP contribution in [0, 0.1) is 0 Å². The largest absolute Gasteiger partial charge is 0.492 e. The normalized spacial score (nSPS) is 11.7. The van der Waals surface area contributed by atoms with Gasteiger partial charge in [-0.2, -0.15) is 0 Å². The smallest absolute Gasteiger partial charge is 0.328 e. The second-order valence-electron chi connectivity index (χ2n) is 3.80. The summed E-state index contributed by atoms with van der Waals surface area (Å²) in [5.41, 5.74) is 0.403.